The average molecular weight is 440 g/mol. The van der Waals surface area contributed by atoms with E-state index >= 15 is 0 Å². The maximum Gasteiger partial charge on any atom is 0.337 e. The van der Waals surface area contributed by atoms with Crippen molar-refractivity contribution in [2.24, 2.45) is 4.99 Å². The second kappa shape index (κ2) is 9.78. The Labute approximate surface area is 185 Å². The van der Waals surface area contributed by atoms with Gasteiger partial charge in [-0.15, -0.1) is 0 Å². The van der Waals surface area contributed by atoms with Crippen LogP contribution in [-0.4, -0.2) is 46.8 Å². The lowest BCUT2D eigenvalue weighted by atomic mass is 10.1. The molecule has 1 aliphatic rings. The molecule has 0 unspecified atom stereocenters. The number of aryl methyl sites for hydroxylation is 2. The highest BCUT2D eigenvalue weighted by molar-refractivity contribution is 8.15. The van der Waals surface area contributed by atoms with Gasteiger partial charge in [0, 0.05) is 18.7 Å². The molecule has 0 spiro atoms. The Hall–Kier alpha value is -3.13. The van der Waals surface area contributed by atoms with E-state index in [2.05, 4.69) is 10.3 Å². The Kier molecular flexibility index (Phi) is 7.12. The summed E-state index contributed by atoms with van der Waals surface area (Å²) in [7, 11) is 1.33. The zero-order valence-corrected chi connectivity index (χ0v) is 18.8. The molecule has 1 atom stereocenters. The van der Waals surface area contributed by atoms with Crippen LogP contribution in [0.2, 0.25) is 0 Å². The van der Waals surface area contributed by atoms with Crippen molar-refractivity contribution < 1.29 is 19.1 Å². The van der Waals surface area contributed by atoms with Crippen molar-refractivity contribution in [2.45, 2.75) is 32.4 Å². The van der Waals surface area contributed by atoms with E-state index in [1.165, 1.54) is 18.9 Å². The van der Waals surface area contributed by atoms with Gasteiger partial charge < -0.3 is 10.1 Å². The summed E-state index contributed by atoms with van der Waals surface area (Å²) >= 11 is 1.28. The van der Waals surface area contributed by atoms with Gasteiger partial charge in [-0.3, -0.25) is 14.5 Å². The Morgan fingerprint density at radius 1 is 1.16 bits per heavy atom. The number of aliphatic imine (C=N–C) groups is 1. The fourth-order valence-electron chi connectivity index (χ4n) is 3.24. The number of thioether (sulfide) groups is 1. The van der Waals surface area contributed by atoms with Gasteiger partial charge in [-0.2, -0.15) is 0 Å². The molecule has 2 aromatic rings. The number of ether oxygens (including phenoxy) is 1. The lowest BCUT2D eigenvalue weighted by molar-refractivity contribution is -0.128. The molecular weight excluding hydrogens is 414 g/mol. The molecule has 0 bridgehead atoms. The molecule has 1 saturated heterocycles. The Morgan fingerprint density at radius 3 is 2.48 bits per heavy atom. The van der Waals surface area contributed by atoms with Crippen LogP contribution in [0.15, 0.2) is 47.5 Å². The lowest BCUT2D eigenvalue weighted by Gasteiger charge is -2.13. The molecule has 0 aliphatic carbocycles. The largest absolute Gasteiger partial charge is 0.465 e. The number of nitrogens with one attached hydrogen (secondary N) is 1. The van der Waals surface area contributed by atoms with Gasteiger partial charge >= 0.3 is 5.97 Å². The van der Waals surface area contributed by atoms with Crippen LogP contribution in [0.25, 0.3) is 0 Å². The molecule has 1 heterocycles. The van der Waals surface area contributed by atoms with Gasteiger partial charge in [-0.1, -0.05) is 29.5 Å². The molecule has 162 valence electrons. The number of rotatable bonds is 6. The molecule has 3 rings (SSSR count). The molecule has 0 aromatic heterocycles. The third kappa shape index (κ3) is 5.32. The summed E-state index contributed by atoms with van der Waals surface area (Å²) in [5.41, 5.74) is 3.89. The van der Waals surface area contributed by atoms with Crippen LogP contribution in [0.5, 0.6) is 0 Å². The molecule has 2 amide bonds. The topological polar surface area (TPSA) is 88.1 Å². The van der Waals surface area contributed by atoms with E-state index < -0.39 is 11.2 Å². The average Bonchev–Trinajstić information content (AvgIpc) is 3.03. The van der Waals surface area contributed by atoms with Gasteiger partial charge in [0.2, 0.25) is 11.8 Å². The smallest absolute Gasteiger partial charge is 0.337 e. The van der Waals surface area contributed by atoms with Crippen molar-refractivity contribution in [3.05, 3.63) is 59.2 Å². The Balaban J connectivity index is 1.71. The molecule has 8 heteroatoms. The number of carbonyl (C=O) groups is 3. The third-order valence-corrected chi connectivity index (χ3v) is 6.05. The molecule has 7 nitrogen and oxygen atoms in total. The number of hydrogen-bond donors (Lipinski definition) is 1. The number of anilines is 1. The van der Waals surface area contributed by atoms with Crippen molar-refractivity contribution in [1.29, 1.82) is 0 Å². The molecule has 1 fully saturated rings. The van der Waals surface area contributed by atoms with Gasteiger partial charge in [0.15, 0.2) is 5.17 Å². The number of methoxy groups -OCH3 is 1. The zero-order chi connectivity index (χ0) is 22.5. The van der Waals surface area contributed by atoms with Crippen molar-refractivity contribution in [1.82, 2.24) is 4.90 Å². The van der Waals surface area contributed by atoms with Crippen LogP contribution in [0.1, 0.15) is 34.8 Å². The van der Waals surface area contributed by atoms with Crippen LogP contribution in [-0.2, 0) is 14.3 Å². The Bertz CT molecular complexity index is 1030. The second-order valence-corrected chi connectivity index (χ2v) is 8.36. The summed E-state index contributed by atoms with van der Waals surface area (Å²) in [6.45, 7) is 6.26. The van der Waals surface area contributed by atoms with E-state index in [0.29, 0.717) is 23.0 Å². The number of hydrogen-bond acceptors (Lipinski definition) is 6. The first-order valence-corrected chi connectivity index (χ1v) is 10.8. The first kappa shape index (κ1) is 22.6. The summed E-state index contributed by atoms with van der Waals surface area (Å²) in [6.07, 6.45) is 0.0631. The molecule has 1 N–H and O–H groups in total. The Morgan fingerprint density at radius 2 is 1.87 bits per heavy atom. The summed E-state index contributed by atoms with van der Waals surface area (Å²) in [5.74, 6) is -0.763. The minimum atomic E-state index is -0.529. The minimum absolute atomic E-state index is 0.0631. The van der Waals surface area contributed by atoms with Gasteiger partial charge in [0.05, 0.1) is 18.4 Å². The maximum absolute atomic E-state index is 12.8. The van der Waals surface area contributed by atoms with E-state index in [-0.39, 0.29) is 18.2 Å². The van der Waals surface area contributed by atoms with Crippen molar-refractivity contribution in [3.8, 4) is 0 Å². The summed E-state index contributed by atoms with van der Waals surface area (Å²) < 4.78 is 4.70. The number of esters is 1. The van der Waals surface area contributed by atoms with Crippen molar-refractivity contribution in [3.63, 3.8) is 0 Å². The normalized spacial score (nSPS) is 17.2. The highest BCUT2D eigenvalue weighted by Crippen LogP contribution is 2.32. The zero-order valence-electron chi connectivity index (χ0n) is 18.0. The summed E-state index contributed by atoms with van der Waals surface area (Å²) in [5, 5.41) is 2.91. The predicted octanol–water partition coefficient (Wildman–Crippen LogP) is 4.07. The van der Waals surface area contributed by atoms with E-state index in [4.69, 9.17) is 4.74 Å². The quantitative estimate of drug-likeness (QED) is 0.686. The lowest BCUT2D eigenvalue weighted by Crippen LogP contribution is -2.33. The number of amidine groups is 1. The van der Waals surface area contributed by atoms with Crippen LogP contribution in [0.4, 0.5) is 11.4 Å². The molecule has 1 aliphatic heterocycles. The van der Waals surface area contributed by atoms with E-state index in [1.807, 2.05) is 39.0 Å². The van der Waals surface area contributed by atoms with Gasteiger partial charge in [0.1, 0.15) is 5.25 Å². The first-order valence-electron chi connectivity index (χ1n) is 9.94. The minimum Gasteiger partial charge on any atom is -0.465 e. The fourth-order valence-corrected chi connectivity index (χ4v) is 4.46. The SMILES string of the molecule is CCN1C(=O)[C@H](CC(=O)Nc2ccc(C)cc2C)SC1=Nc1ccc(C(=O)OC)cc1. The van der Waals surface area contributed by atoms with Gasteiger partial charge in [0.25, 0.3) is 0 Å². The highest BCUT2D eigenvalue weighted by atomic mass is 32.2. The van der Waals surface area contributed by atoms with Crippen molar-refractivity contribution in [2.75, 3.05) is 19.0 Å². The number of amides is 2. The van der Waals surface area contributed by atoms with Crippen LogP contribution >= 0.6 is 11.8 Å². The van der Waals surface area contributed by atoms with Gasteiger partial charge in [-0.05, 0) is 56.7 Å². The highest BCUT2D eigenvalue weighted by Gasteiger charge is 2.38. The molecule has 31 heavy (non-hydrogen) atoms. The third-order valence-electron chi connectivity index (χ3n) is 4.88. The van der Waals surface area contributed by atoms with E-state index in [1.54, 1.807) is 29.2 Å². The molecule has 2 aromatic carbocycles. The van der Waals surface area contributed by atoms with E-state index in [9.17, 15) is 14.4 Å². The van der Waals surface area contributed by atoms with Crippen LogP contribution < -0.4 is 5.32 Å². The maximum atomic E-state index is 12.8. The van der Waals surface area contributed by atoms with Gasteiger partial charge in [-0.25, -0.2) is 9.79 Å². The predicted molar refractivity (Wildman–Crippen MR) is 123 cm³/mol. The van der Waals surface area contributed by atoms with Crippen molar-refractivity contribution >= 4 is 46.1 Å². The number of benzene rings is 2. The molecule has 0 radical (unpaired) electrons. The van der Waals surface area contributed by atoms with Crippen LogP contribution in [0.3, 0.4) is 0 Å². The van der Waals surface area contributed by atoms with Crippen LogP contribution in [0, 0.1) is 13.8 Å². The first-order chi connectivity index (χ1) is 14.8. The summed E-state index contributed by atoms with van der Waals surface area (Å²) in [4.78, 5) is 43.1. The summed E-state index contributed by atoms with van der Waals surface area (Å²) in [6, 6.07) is 12.4. The molecule has 0 saturated carbocycles. The standard InChI is InChI=1S/C23H25N3O4S/c1-5-26-21(28)19(13-20(27)25-18-11-6-14(2)12-15(18)3)31-23(26)24-17-9-7-16(8-10-17)22(29)30-4/h6-12,19H,5,13H2,1-4H3,(H,25,27)/t19-/m0/s1. The fraction of sp³-hybridized carbons (Fsp3) is 0.304. The van der Waals surface area contributed by atoms with E-state index in [0.717, 1.165) is 16.8 Å². The monoisotopic (exact) mass is 439 g/mol. The second-order valence-electron chi connectivity index (χ2n) is 7.19. The number of carbonyl (C=O) groups excluding carboxylic acids is 3. The number of nitrogens with zero attached hydrogens (tertiary/aromatic N) is 2. The molecular formula is C23H25N3O4S.